The third kappa shape index (κ3) is 3.22. The van der Waals surface area contributed by atoms with Gasteiger partial charge in [-0.3, -0.25) is 4.79 Å². The van der Waals surface area contributed by atoms with Crippen LogP contribution in [-0.4, -0.2) is 37.8 Å². The quantitative estimate of drug-likeness (QED) is 0.823. The standard InChI is InChI=1S/C18H18F2N2O3S/c1-12-3-6-15(11-17(12)20)21-9-10-22(13(2)18(21)23)26(24,25)16-7-4-14(19)5-8-16/h3-8,11,13H,9-10H2,1-2H3/t13-/m1/s1. The van der Waals surface area contributed by atoms with Gasteiger partial charge in [0.25, 0.3) is 0 Å². The molecule has 1 heterocycles. The van der Waals surface area contributed by atoms with Gasteiger partial charge in [0.15, 0.2) is 0 Å². The molecule has 1 aliphatic heterocycles. The van der Waals surface area contributed by atoms with E-state index in [0.717, 1.165) is 16.4 Å². The summed E-state index contributed by atoms with van der Waals surface area (Å²) in [6.45, 7) is 3.27. The van der Waals surface area contributed by atoms with E-state index >= 15 is 0 Å². The van der Waals surface area contributed by atoms with Crippen LogP contribution in [0.4, 0.5) is 14.5 Å². The van der Waals surface area contributed by atoms with Gasteiger partial charge in [0.2, 0.25) is 15.9 Å². The van der Waals surface area contributed by atoms with Crippen LogP contribution in [0.1, 0.15) is 12.5 Å². The van der Waals surface area contributed by atoms with Crippen LogP contribution in [0, 0.1) is 18.6 Å². The van der Waals surface area contributed by atoms with Crippen molar-refractivity contribution in [2.75, 3.05) is 18.0 Å². The van der Waals surface area contributed by atoms with Crippen LogP contribution in [0.3, 0.4) is 0 Å². The number of halogens is 2. The maximum absolute atomic E-state index is 13.8. The first-order valence-corrected chi connectivity index (χ1v) is 9.51. The lowest BCUT2D eigenvalue weighted by molar-refractivity contribution is -0.123. The van der Waals surface area contributed by atoms with E-state index in [-0.39, 0.29) is 18.0 Å². The van der Waals surface area contributed by atoms with Crippen LogP contribution in [0.15, 0.2) is 47.4 Å². The minimum absolute atomic E-state index is 0.0577. The lowest BCUT2D eigenvalue weighted by Crippen LogP contribution is -2.57. The normalized spacial score (nSPS) is 19.0. The molecular formula is C18H18F2N2O3S. The average molecular weight is 380 g/mol. The molecule has 0 unspecified atom stereocenters. The average Bonchev–Trinajstić information content (AvgIpc) is 2.60. The highest BCUT2D eigenvalue weighted by Crippen LogP contribution is 2.26. The van der Waals surface area contributed by atoms with Crippen molar-refractivity contribution >= 4 is 21.6 Å². The summed E-state index contributed by atoms with van der Waals surface area (Å²) in [7, 11) is -3.94. The van der Waals surface area contributed by atoms with Crippen LogP contribution >= 0.6 is 0 Å². The first-order chi connectivity index (χ1) is 12.2. The number of aryl methyl sites for hydroxylation is 1. The molecule has 1 atom stereocenters. The Hall–Kier alpha value is -2.32. The molecule has 2 aromatic carbocycles. The number of piperazine rings is 1. The van der Waals surface area contributed by atoms with Crippen molar-refractivity contribution < 1.29 is 22.0 Å². The summed E-state index contributed by atoms with van der Waals surface area (Å²) in [4.78, 5) is 14.0. The largest absolute Gasteiger partial charge is 0.310 e. The van der Waals surface area contributed by atoms with Gasteiger partial charge in [0.05, 0.1) is 4.90 Å². The van der Waals surface area contributed by atoms with Crippen molar-refractivity contribution in [2.24, 2.45) is 0 Å². The second-order valence-electron chi connectivity index (χ2n) is 6.17. The topological polar surface area (TPSA) is 57.7 Å². The maximum Gasteiger partial charge on any atom is 0.245 e. The number of benzene rings is 2. The molecule has 1 aliphatic rings. The van der Waals surface area contributed by atoms with Crippen molar-refractivity contribution in [1.29, 1.82) is 0 Å². The fraction of sp³-hybridized carbons (Fsp3) is 0.278. The molecule has 2 aromatic rings. The Balaban J connectivity index is 1.87. The molecule has 5 nitrogen and oxygen atoms in total. The molecule has 8 heteroatoms. The Labute approximate surface area is 150 Å². The third-order valence-corrected chi connectivity index (χ3v) is 6.47. The Kier molecular flexibility index (Phi) is 4.81. The molecule has 0 bridgehead atoms. The summed E-state index contributed by atoms with van der Waals surface area (Å²) in [5, 5.41) is 0. The van der Waals surface area contributed by atoms with E-state index in [0.29, 0.717) is 11.3 Å². The Morgan fingerprint density at radius 3 is 2.31 bits per heavy atom. The predicted octanol–water partition coefficient (Wildman–Crippen LogP) is 2.70. The Bertz CT molecular complexity index is 945. The van der Waals surface area contributed by atoms with Crippen LogP contribution in [0.5, 0.6) is 0 Å². The molecule has 1 saturated heterocycles. The van der Waals surface area contributed by atoms with Crippen LogP contribution in [0.2, 0.25) is 0 Å². The van der Waals surface area contributed by atoms with E-state index in [1.807, 2.05) is 0 Å². The van der Waals surface area contributed by atoms with E-state index < -0.39 is 33.6 Å². The summed E-state index contributed by atoms with van der Waals surface area (Å²) < 4.78 is 53.5. The summed E-state index contributed by atoms with van der Waals surface area (Å²) in [5.74, 6) is -1.41. The highest BCUT2D eigenvalue weighted by atomic mass is 32.2. The van der Waals surface area contributed by atoms with Gasteiger partial charge in [-0.1, -0.05) is 6.07 Å². The molecule has 138 valence electrons. The fourth-order valence-electron chi connectivity index (χ4n) is 2.93. The van der Waals surface area contributed by atoms with Gasteiger partial charge in [0.1, 0.15) is 17.7 Å². The number of hydrogen-bond donors (Lipinski definition) is 0. The molecule has 0 aliphatic carbocycles. The Morgan fingerprint density at radius 2 is 1.69 bits per heavy atom. The summed E-state index contributed by atoms with van der Waals surface area (Å²) in [6, 6.07) is 7.98. The smallest absolute Gasteiger partial charge is 0.245 e. The molecular weight excluding hydrogens is 362 g/mol. The van der Waals surface area contributed by atoms with Crippen molar-refractivity contribution in [3.63, 3.8) is 0 Å². The zero-order valence-electron chi connectivity index (χ0n) is 14.3. The zero-order valence-corrected chi connectivity index (χ0v) is 15.1. The van der Waals surface area contributed by atoms with E-state index in [2.05, 4.69) is 0 Å². The van der Waals surface area contributed by atoms with E-state index in [1.165, 1.54) is 30.0 Å². The molecule has 3 rings (SSSR count). The first kappa shape index (κ1) is 18.5. The number of rotatable bonds is 3. The molecule has 0 saturated carbocycles. The van der Waals surface area contributed by atoms with Gasteiger partial charge in [0, 0.05) is 18.8 Å². The lowest BCUT2D eigenvalue weighted by atomic mass is 10.1. The number of carbonyl (C=O) groups excluding carboxylic acids is 1. The van der Waals surface area contributed by atoms with Crippen molar-refractivity contribution in [1.82, 2.24) is 4.31 Å². The first-order valence-electron chi connectivity index (χ1n) is 8.07. The van der Waals surface area contributed by atoms with E-state index in [4.69, 9.17) is 0 Å². The predicted molar refractivity (Wildman–Crippen MR) is 93.2 cm³/mol. The third-order valence-electron chi connectivity index (χ3n) is 4.49. The zero-order chi connectivity index (χ0) is 19.1. The SMILES string of the molecule is Cc1ccc(N2CCN(S(=O)(=O)c3ccc(F)cc3)[C@H](C)C2=O)cc1F. The Morgan fingerprint density at radius 1 is 1.04 bits per heavy atom. The number of amides is 1. The van der Waals surface area contributed by atoms with Gasteiger partial charge in [-0.25, -0.2) is 17.2 Å². The number of sulfonamides is 1. The second kappa shape index (κ2) is 6.77. The van der Waals surface area contributed by atoms with E-state index in [1.54, 1.807) is 19.1 Å². The van der Waals surface area contributed by atoms with Gasteiger partial charge in [-0.05, 0) is 55.8 Å². The summed E-state index contributed by atoms with van der Waals surface area (Å²) in [5.41, 5.74) is 0.857. The molecule has 0 spiro atoms. The molecule has 0 aromatic heterocycles. The molecule has 0 radical (unpaired) electrons. The van der Waals surface area contributed by atoms with Crippen LogP contribution < -0.4 is 4.90 Å². The van der Waals surface area contributed by atoms with Gasteiger partial charge in [-0.15, -0.1) is 0 Å². The number of carbonyl (C=O) groups is 1. The fourth-order valence-corrected chi connectivity index (χ4v) is 4.51. The minimum Gasteiger partial charge on any atom is -0.310 e. The number of hydrogen-bond acceptors (Lipinski definition) is 3. The lowest BCUT2D eigenvalue weighted by Gasteiger charge is -2.38. The van der Waals surface area contributed by atoms with Crippen molar-refractivity contribution in [2.45, 2.75) is 24.8 Å². The van der Waals surface area contributed by atoms with Crippen molar-refractivity contribution in [3.8, 4) is 0 Å². The van der Waals surface area contributed by atoms with Gasteiger partial charge < -0.3 is 4.90 Å². The summed E-state index contributed by atoms with van der Waals surface area (Å²) >= 11 is 0. The second-order valence-corrected chi connectivity index (χ2v) is 8.06. The highest BCUT2D eigenvalue weighted by molar-refractivity contribution is 7.89. The van der Waals surface area contributed by atoms with Gasteiger partial charge >= 0.3 is 0 Å². The molecule has 26 heavy (non-hydrogen) atoms. The number of nitrogens with zero attached hydrogens (tertiary/aromatic N) is 2. The van der Waals surface area contributed by atoms with Gasteiger partial charge in [-0.2, -0.15) is 4.31 Å². The number of anilines is 1. The highest BCUT2D eigenvalue weighted by Gasteiger charge is 2.39. The monoisotopic (exact) mass is 380 g/mol. The molecule has 1 fully saturated rings. The maximum atomic E-state index is 13.8. The molecule has 0 N–H and O–H groups in total. The van der Waals surface area contributed by atoms with Crippen molar-refractivity contribution in [3.05, 3.63) is 59.7 Å². The summed E-state index contributed by atoms with van der Waals surface area (Å²) in [6.07, 6.45) is 0. The van der Waals surface area contributed by atoms with Crippen LogP contribution in [0.25, 0.3) is 0 Å². The van der Waals surface area contributed by atoms with E-state index in [9.17, 15) is 22.0 Å². The minimum atomic E-state index is -3.94. The molecule has 1 amide bonds. The van der Waals surface area contributed by atoms with Crippen LogP contribution in [-0.2, 0) is 14.8 Å².